The van der Waals surface area contributed by atoms with Gasteiger partial charge in [-0.15, -0.1) is 0 Å². The molecule has 0 bridgehead atoms. The summed E-state index contributed by atoms with van der Waals surface area (Å²) in [4.78, 5) is 11.2. The predicted octanol–water partition coefficient (Wildman–Crippen LogP) is 1.50. The van der Waals surface area contributed by atoms with Gasteiger partial charge in [0.15, 0.2) is 0 Å². The van der Waals surface area contributed by atoms with Gasteiger partial charge in [-0.1, -0.05) is 12.7 Å². The van der Waals surface area contributed by atoms with Gasteiger partial charge in [0, 0.05) is 6.42 Å². The molecule has 1 fully saturated rings. The number of carbonyl (C=O) groups excluding carboxylic acids is 1. The van der Waals surface area contributed by atoms with E-state index < -0.39 is 0 Å². The van der Waals surface area contributed by atoms with E-state index in [0.29, 0.717) is 18.9 Å². The second-order valence-corrected chi connectivity index (χ2v) is 3.70. The molecule has 0 saturated carbocycles. The zero-order valence-corrected chi connectivity index (χ0v) is 8.63. The molecule has 0 aromatic heterocycles. The highest BCUT2D eigenvalue weighted by molar-refractivity contribution is 5.69. The van der Waals surface area contributed by atoms with E-state index in [4.69, 9.17) is 4.74 Å². The standard InChI is InChI=1S/C11H19NO2/c1-2-9-14-11(13)4-3-10-5-7-12-8-6-10/h2,10,12H,1,3-9H2. The molecule has 0 aromatic rings. The smallest absolute Gasteiger partial charge is 0.306 e. The van der Waals surface area contributed by atoms with Crippen LogP contribution >= 0.6 is 0 Å². The van der Waals surface area contributed by atoms with Gasteiger partial charge in [-0.3, -0.25) is 4.79 Å². The summed E-state index contributed by atoms with van der Waals surface area (Å²) in [6, 6.07) is 0. The van der Waals surface area contributed by atoms with Crippen molar-refractivity contribution in [1.29, 1.82) is 0 Å². The molecule has 0 atom stereocenters. The first kappa shape index (κ1) is 11.2. The van der Waals surface area contributed by atoms with Gasteiger partial charge in [-0.25, -0.2) is 0 Å². The molecule has 1 heterocycles. The third-order valence-corrected chi connectivity index (χ3v) is 2.58. The van der Waals surface area contributed by atoms with Crippen molar-refractivity contribution in [3.63, 3.8) is 0 Å². The Morgan fingerprint density at radius 2 is 2.21 bits per heavy atom. The second-order valence-electron chi connectivity index (χ2n) is 3.70. The number of esters is 1. The molecular formula is C11H19NO2. The van der Waals surface area contributed by atoms with E-state index >= 15 is 0 Å². The molecule has 0 aliphatic carbocycles. The Balaban J connectivity index is 2.06. The van der Waals surface area contributed by atoms with E-state index in [0.717, 1.165) is 19.5 Å². The number of ether oxygens (including phenoxy) is 1. The van der Waals surface area contributed by atoms with Crippen LogP contribution in [0.2, 0.25) is 0 Å². The predicted molar refractivity (Wildman–Crippen MR) is 56.0 cm³/mol. The van der Waals surface area contributed by atoms with Gasteiger partial charge in [0.05, 0.1) is 0 Å². The summed E-state index contributed by atoms with van der Waals surface area (Å²) in [5.41, 5.74) is 0. The first-order valence-electron chi connectivity index (χ1n) is 5.30. The molecule has 14 heavy (non-hydrogen) atoms. The van der Waals surface area contributed by atoms with Crippen LogP contribution < -0.4 is 5.32 Å². The summed E-state index contributed by atoms with van der Waals surface area (Å²) in [6.45, 7) is 6.01. The maximum absolute atomic E-state index is 11.2. The summed E-state index contributed by atoms with van der Waals surface area (Å²) in [5.74, 6) is 0.607. The van der Waals surface area contributed by atoms with Crippen molar-refractivity contribution in [3.8, 4) is 0 Å². The Labute approximate surface area is 85.5 Å². The molecule has 0 radical (unpaired) electrons. The average Bonchev–Trinajstić information content (AvgIpc) is 2.25. The van der Waals surface area contributed by atoms with Crippen LogP contribution in [-0.4, -0.2) is 25.7 Å². The number of hydrogen-bond acceptors (Lipinski definition) is 3. The van der Waals surface area contributed by atoms with Crippen molar-refractivity contribution in [2.75, 3.05) is 19.7 Å². The SMILES string of the molecule is C=CCOC(=O)CCC1CCNCC1. The Kier molecular flexibility index (Phi) is 5.30. The minimum Gasteiger partial charge on any atom is -0.461 e. The van der Waals surface area contributed by atoms with Crippen molar-refractivity contribution >= 4 is 5.97 Å². The van der Waals surface area contributed by atoms with Gasteiger partial charge in [-0.05, 0) is 38.3 Å². The van der Waals surface area contributed by atoms with Gasteiger partial charge in [0.25, 0.3) is 0 Å². The highest BCUT2D eigenvalue weighted by atomic mass is 16.5. The lowest BCUT2D eigenvalue weighted by molar-refractivity contribution is -0.142. The zero-order chi connectivity index (χ0) is 10.2. The summed E-state index contributed by atoms with van der Waals surface area (Å²) < 4.78 is 4.91. The lowest BCUT2D eigenvalue weighted by atomic mass is 9.93. The first-order chi connectivity index (χ1) is 6.83. The topological polar surface area (TPSA) is 38.3 Å². The molecule has 3 nitrogen and oxygen atoms in total. The fraction of sp³-hybridized carbons (Fsp3) is 0.727. The summed E-state index contributed by atoms with van der Waals surface area (Å²) in [5, 5.41) is 3.31. The highest BCUT2D eigenvalue weighted by Gasteiger charge is 2.14. The van der Waals surface area contributed by atoms with Gasteiger partial charge in [-0.2, -0.15) is 0 Å². The molecule has 0 spiro atoms. The van der Waals surface area contributed by atoms with Crippen molar-refractivity contribution in [2.24, 2.45) is 5.92 Å². The minimum atomic E-state index is -0.0940. The molecule has 1 saturated heterocycles. The monoisotopic (exact) mass is 197 g/mol. The molecule has 3 heteroatoms. The van der Waals surface area contributed by atoms with Crippen molar-refractivity contribution in [1.82, 2.24) is 5.32 Å². The quantitative estimate of drug-likeness (QED) is 0.536. The van der Waals surface area contributed by atoms with E-state index in [1.807, 2.05) is 0 Å². The number of rotatable bonds is 5. The molecule has 80 valence electrons. The second kappa shape index (κ2) is 6.60. The molecule has 0 amide bonds. The van der Waals surface area contributed by atoms with Crippen LogP contribution in [0, 0.1) is 5.92 Å². The minimum absolute atomic E-state index is 0.0940. The molecular weight excluding hydrogens is 178 g/mol. The number of piperidine rings is 1. The molecule has 0 unspecified atom stereocenters. The number of hydrogen-bond donors (Lipinski definition) is 1. The van der Waals surface area contributed by atoms with E-state index in [1.54, 1.807) is 6.08 Å². The van der Waals surface area contributed by atoms with Gasteiger partial charge < -0.3 is 10.1 Å². The van der Waals surface area contributed by atoms with Gasteiger partial charge in [0.2, 0.25) is 0 Å². The highest BCUT2D eigenvalue weighted by Crippen LogP contribution is 2.17. The molecule has 1 aliphatic rings. The normalized spacial score (nSPS) is 17.7. The van der Waals surface area contributed by atoms with Crippen LogP contribution in [0.1, 0.15) is 25.7 Å². The van der Waals surface area contributed by atoms with Gasteiger partial charge >= 0.3 is 5.97 Å². The first-order valence-corrected chi connectivity index (χ1v) is 5.30. The Bertz CT molecular complexity index is 186. The Morgan fingerprint density at radius 1 is 1.50 bits per heavy atom. The molecule has 1 rings (SSSR count). The van der Waals surface area contributed by atoms with E-state index in [-0.39, 0.29) is 5.97 Å². The van der Waals surface area contributed by atoms with Crippen LogP contribution in [0.25, 0.3) is 0 Å². The van der Waals surface area contributed by atoms with E-state index in [9.17, 15) is 4.79 Å². The zero-order valence-electron chi connectivity index (χ0n) is 8.63. The fourth-order valence-corrected chi connectivity index (χ4v) is 1.72. The lowest BCUT2D eigenvalue weighted by Crippen LogP contribution is -2.28. The van der Waals surface area contributed by atoms with Crippen molar-refractivity contribution in [3.05, 3.63) is 12.7 Å². The van der Waals surface area contributed by atoms with Crippen LogP contribution in [0.15, 0.2) is 12.7 Å². The van der Waals surface area contributed by atoms with Crippen molar-refractivity contribution in [2.45, 2.75) is 25.7 Å². The van der Waals surface area contributed by atoms with Crippen LogP contribution in [-0.2, 0) is 9.53 Å². The summed E-state index contributed by atoms with van der Waals surface area (Å²) >= 11 is 0. The third kappa shape index (κ3) is 4.42. The van der Waals surface area contributed by atoms with E-state index in [2.05, 4.69) is 11.9 Å². The Hall–Kier alpha value is -0.830. The Morgan fingerprint density at radius 3 is 2.86 bits per heavy atom. The largest absolute Gasteiger partial charge is 0.461 e. The summed E-state index contributed by atoms with van der Waals surface area (Å²) in [6.07, 6.45) is 5.50. The molecule has 1 aliphatic heterocycles. The average molecular weight is 197 g/mol. The van der Waals surface area contributed by atoms with Crippen LogP contribution in [0.4, 0.5) is 0 Å². The number of carbonyl (C=O) groups is 1. The van der Waals surface area contributed by atoms with Crippen LogP contribution in [0.5, 0.6) is 0 Å². The van der Waals surface area contributed by atoms with Crippen molar-refractivity contribution < 1.29 is 9.53 Å². The maximum Gasteiger partial charge on any atom is 0.306 e. The van der Waals surface area contributed by atoms with E-state index in [1.165, 1.54) is 12.8 Å². The molecule has 1 N–H and O–H groups in total. The third-order valence-electron chi connectivity index (χ3n) is 2.58. The maximum atomic E-state index is 11.2. The van der Waals surface area contributed by atoms with Gasteiger partial charge in [0.1, 0.15) is 6.61 Å². The molecule has 0 aromatic carbocycles. The fourth-order valence-electron chi connectivity index (χ4n) is 1.72. The van der Waals surface area contributed by atoms with Crippen LogP contribution in [0.3, 0.4) is 0 Å². The lowest BCUT2D eigenvalue weighted by Gasteiger charge is -2.21. The summed E-state index contributed by atoms with van der Waals surface area (Å²) in [7, 11) is 0. The number of nitrogens with one attached hydrogen (secondary N) is 1.